The number of amides is 1. The van der Waals surface area contributed by atoms with Crippen LogP contribution in [0.1, 0.15) is 40.2 Å². The van der Waals surface area contributed by atoms with Crippen molar-refractivity contribution in [2.45, 2.75) is 44.7 Å². The number of nitrogens with zero attached hydrogens (tertiary/aromatic N) is 1. The number of fused-ring (bicyclic) bond motifs is 5. The smallest absolute Gasteiger partial charge is 0.410 e. The fraction of sp³-hybridized carbons (Fsp3) is 0.323. The molecule has 0 radical (unpaired) electrons. The van der Waals surface area contributed by atoms with Crippen LogP contribution in [0.25, 0.3) is 11.1 Å². The van der Waals surface area contributed by atoms with Gasteiger partial charge in [0.05, 0.1) is 25.3 Å². The van der Waals surface area contributed by atoms with Crippen LogP contribution in [0.4, 0.5) is 4.79 Å². The minimum atomic E-state index is -0.229. The first-order valence-electron chi connectivity index (χ1n) is 12.6. The van der Waals surface area contributed by atoms with Crippen LogP contribution in [-0.4, -0.2) is 42.9 Å². The third-order valence-electron chi connectivity index (χ3n) is 7.96. The van der Waals surface area contributed by atoms with Gasteiger partial charge in [-0.05, 0) is 65.6 Å². The lowest BCUT2D eigenvalue weighted by Gasteiger charge is -2.44. The molecule has 3 aliphatic rings. The number of ether oxygens (including phenoxy) is 2. The van der Waals surface area contributed by atoms with Crippen LogP contribution in [0.5, 0.6) is 0 Å². The molecule has 3 aromatic rings. The number of hydrogen-bond donors (Lipinski definition) is 0. The van der Waals surface area contributed by atoms with Crippen molar-refractivity contribution in [3.05, 3.63) is 106 Å². The number of carbonyl (C=O) groups is 1. The number of morpholine rings is 1. The molecular formula is C31H31NO3. The normalized spacial score (nSPS) is 20.7. The maximum Gasteiger partial charge on any atom is 0.410 e. The Morgan fingerprint density at radius 2 is 1.66 bits per heavy atom. The standard InChI is InChI=1S/C31H31NO3/c1-20-8-7-9-23(21(20)2)14-22-15-24-17-34-18-25(16-22)32(24)31(33)35-19-30-28-12-5-3-10-26(28)27-11-4-6-13-29(27)30/h3-13,15,24-25,30H,14,16-19H2,1-2H3. The molecule has 35 heavy (non-hydrogen) atoms. The van der Waals surface area contributed by atoms with Gasteiger partial charge < -0.3 is 9.47 Å². The third kappa shape index (κ3) is 3.96. The molecule has 6 rings (SSSR count). The van der Waals surface area contributed by atoms with Gasteiger partial charge in [0.1, 0.15) is 6.61 Å². The zero-order valence-corrected chi connectivity index (χ0v) is 20.4. The molecule has 2 heterocycles. The third-order valence-corrected chi connectivity index (χ3v) is 7.96. The maximum atomic E-state index is 13.4. The number of benzene rings is 3. The molecule has 3 aromatic carbocycles. The summed E-state index contributed by atoms with van der Waals surface area (Å²) in [7, 11) is 0. The topological polar surface area (TPSA) is 38.8 Å². The Bertz CT molecular complexity index is 1260. The first kappa shape index (κ1) is 22.1. The monoisotopic (exact) mass is 465 g/mol. The van der Waals surface area contributed by atoms with Crippen molar-refractivity contribution in [1.29, 1.82) is 0 Å². The van der Waals surface area contributed by atoms with Crippen LogP contribution in [0.3, 0.4) is 0 Å². The van der Waals surface area contributed by atoms with E-state index in [1.165, 1.54) is 44.5 Å². The number of aryl methyl sites for hydroxylation is 1. The van der Waals surface area contributed by atoms with E-state index < -0.39 is 0 Å². The van der Waals surface area contributed by atoms with Gasteiger partial charge in [0, 0.05) is 5.92 Å². The van der Waals surface area contributed by atoms with E-state index >= 15 is 0 Å². The summed E-state index contributed by atoms with van der Waals surface area (Å²) >= 11 is 0. The molecule has 1 aliphatic carbocycles. The van der Waals surface area contributed by atoms with E-state index in [2.05, 4.69) is 86.7 Å². The largest absolute Gasteiger partial charge is 0.448 e. The Hall–Kier alpha value is -3.37. The molecule has 1 fully saturated rings. The zero-order valence-electron chi connectivity index (χ0n) is 20.4. The second-order valence-corrected chi connectivity index (χ2v) is 10.0. The molecule has 2 atom stereocenters. The van der Waals surface area contributed by atoms with Crippen molar-refractivity contribution in [3.8, 4) is 11.1 Å². The van der Waals surface area contributed by atoms with Crippen LogP contribution >= 0.6 is 0 Å². The maximum absolute atomic E-state index is 13.4. The Labute approximate surface area is 207 Å². The molecule has 0 N–H and O–H groups in total. The van der Waals surface area contributed by atoms with E-state index in [0.29, 0.717) is 19.8 Å². The predicted octanol–water partition coefficient (Wildman–Crippen LogP) is 6.19. The molecule has 0 aromatic heterocycles. The van der Waals surface area contributed by atoms with E-state index in [-0.39, 0.29) is 24.1 Å². The van der Waals surface area contributed by atoms with Crippen LogP contribution in [-0.2, 0) is 15.9 Å². The summed E-state index contributed by atoms with van der Waals surface area (Å²) in [6, 6.07) is 23.4. The molecule has 0 saturated carbocycles. The highest BCUT2D eigenvalue weighted by Gasteiger charge is 2.39. The summed E-state index contributed by atoms with van der Waals surface area (Å²) in [5.74, 6) is 0.0719. The van der Waals surface area contributed by atoms with Gasteiger partial charge in [-0.3, -0.25) is 4.90 Å². The summed E-state index contributed by atoms with van der Waals surface area (Å²) in [5.41, 5.74) is 10.4. The van der Waals surface area contributed by atoms with Gasteiger partial charge in [0.15, 0.2) is 0 Å². The van der Waals surface area contributed by atoms with Crippen LogP contribution < -0.4 is 0 Å². The molecule has 2 bridgehead atoms. The van der Waals surface area contributed by atoms with Crippen molar-refractivity contribution in [2.75, 3.05) is 19.8 Å². The molecule has 1 saturated heterocycles. The molecule has 4 heteroatoms. The van der Waals surface area contributed by atoms with E-state index in [4.69, 9.17) is 9.47 Å². The van der Waals surface area contributed by atoms with E-state index in [1.54, 1.807) is 0 Å². The number of hydrogen-bond acceptors (Lipinski definition) is 3. The van der Waals surface area contributed by atoms with Crippen molar-refractivity contribution in [3.63, 3.8) is 0 Å². The van der Waals surface area contributed by atoms with Gasteiger partial charge in [-0.15, -0.1) is 0 Å². The second kappa shape index (κ2) is 9.01. The molecule has 4 nitrogen and oxygen atoms in total. The van der Waals surface area contributed by atoms with Gasteiger partial charge >= 0.3 is 6.09 Å². The number of rotatable bonds is 4. The minimum Gasteiger partial charge on any atom is -0.448 e. The first-order chi connectivity index (χ1) is 17.1. The first-order valence-corrected chi connectivity index (χ1v) is 12.6. The van der Waals surface area contributed by atoms with Gasteiger partial charge in [0.25, 0.3) is 0 Å². The van der Waals surface area contributed by atoms with E-state index in [1.807, 2.05) is 4.90 Å². The SMILES string of the molecule is Cc1cccc(CC2=CC3COCC(C2)N3C(=O)OCC2c3ccccc3-c3ccccc32)c1C. The molecule has 178 valence electrons. The Morgan fingerprint density at radius 1 is 0.943 bits per heavy atom. The lowest BCUT2D eigenvalue weighted by atomic mass is 9.88. The fourth-order valence-electron chi connectivity index (χ4n) is 6.02. The van der Waals surface area contributed by atoms with Crippen LogP contribution in [0.15, 0.2) is 78.4 Å². The van der Waals surface area contributed by atoms with Crippen molar-refractivity contribution in [1.82, 2.24) is 4.90 Å². The summed E-state index contributed by atoms with van der Waals surface area (Å²) in [5, 5.41) is 0. The highest BCUT2D eigenvalue weighted by atomic mass is 16.6. The van der Waals surface area contributed by atoms with E-state index in [9.17, 15) is 4.79 Å². The lowest BCUT2D eigenvalue weighted by molar-refractivity contribution is -0.0363. The lowest BCUT2D eigenvalue weighted by Crippen LogP contribution is -2.56. The number of carbonyl (C=O) groups excluding carboxylic acids is 1. The summed E-state index contributed by atoms with van der Waals surface area (Å²) < 4.78 is 11.8. The minimum absolute atomic E-state index is 0.0227. The summed E-state index contributed by atoms with van der Waals surface area (Å²) in [6.07, 6.45) is 3.76. The predicted molar refractivity (Wildman–Crippen MR) is 138 cm³/mol. The summed E-state index contributed by atoms with van der Waals surface area (Å²) in [6.45, 7) is 5.79. The molecule has 2 aliphatic heterocycles. The molecule has 2 unspecified atom stereocenters. The van der Waals surface area contributed by atoms with Crippen molar-refractivity contribution in [2.24, 2.45) is 0 Å². The summed E-state index contributed by atoms with van der Waals surface area (Å²) in [4.78, 5) is 15.3. The molecular weight excluding hydrogens is 434 g/mol. The molecule has 1 amide bonds. The van der Waals surface area contributed by atoms with E-state index in [0.717, 1.165) is 12.8 Å². The Balaban J connectivity index is 1.19. The highest BCUT2D eigenvalue weighted by molar-refractivity contribution is 5.79. The Morgan fingerprint density at radius 3 is 2.37 bits per heavy atom. The zero-order chi connectivity index (χ0) is 23.9. The highest BCUT2D eigenvalue weighted by Crippen LogP contribution is 2.44. The van der Waals surface area contributed by atoms with Crippen LogP contribution in [0, 0.1) is 13.8 Å². The van der Waals surface area contributed by atoms with Gasteiger partial charge in [-0.1, -0.05) is 78.4 Å². The quantitative estimate of drug-likeness (QED) is 0.431. The van der Waals surface area contributed by atoms with Crippen LogP contribution in [0.2, 0.25) is 0 Å². The van der Waals surface area contributed by atoms with Gasteiger partial charge in [0.2, 0.25) is 0 Å². The Kier molecular flexibility index (Phi) is 5.69. The van der Waals surface area contributed by atoms with Gasteiger partial charge in [-0.25, -0.2) is 4.79 Å². The van der Waals surface area contributed by atoms with Crippen molar-refractivity contribution < 1.29 is 14.3 Å². The average Bonchev–Trinajstić information content (AvgIpc) is 3.18. The fourth-order valence-corrected chi connectivity index (χ4v) is 6.02. The van der Waals surface area contributed by atoms with Gasteiger partial charge in [-0.2, -0.15) is 0 Å². The van der Waals surface area contributed by atoms with Crippen molar-refractivity contribution >= 4 is 6.09 Å². The average molecular weight is 466 g/mol. The second-order valence-electron chi connectivity index (χ2n) is 10.0. The molecule has 0 spiro atoms.